The summed E-state index contributed by atoms with van der Waals surface area (Å²) < 4.78 is 39.7. The number of hydrogen-bond acceptors (Lipinski definition) is 4. The minimum atomic E-state index is -3.87. The van der Waals surface area contributed by atoms with Crippen molar-refractivity contribution in [2.45, 2.75) is 24.3 Å². The first-order valence-corrected chi connectivity index (χ1v) is 11.0. The molecule has 0 bridgehead atoms. The van der Waals surface area contributed by atoms with Crippen molar-refractivity contribution < 1.29 is 17.6 Å². The Hall–Kier alpha value is -2.06. The maximum Gasteiger partial charge on any atom is 0.248 e. The van der Waals surface area contributed by atoms with Crippen LogP contribution in [-0.4, -0.2) is 32.9 Å². The fourth-order valence-electron chi connectivity index (χ4n) is 2.59. The average Bonchev–Trinajstić information content (AvgIpc) is 2.59. The Morgan fingerprint density at radius 2 is 1.92 bits per heavy atom. The first kappa shape index (κ1) is 20.3. The Bertz CT molecular complexity index is 888. The van der Waals surface area contributed by atoms with Crippen molar-refractivity contribution >= 4 is 39.1 Å². The molecule has 1 N–H and O–H groups in total. The summed E-state index contributed by atoms with van der Waals surface area (Å²) in [5, 5.41) is 2.73. The van der Waals surface area contributed by atoms with Gasteiger partial charge in [-0.25, -0.2) is 12.8 Å². The fourth-order valence-corrected chi connectivity index (χ4v) is 4.26. The second-order valence-corrected chi connectivity index (χ2v) is 8.39. The summed E-state index contributed by atoms with van der Waals surface area (Å²) in [5.74, 6) is -1.21. The number of sulfonamides is 1. The lowest BCUT2D eigenvalue weighted by atomic mass is 10.1. The van der Waals surface area contributed by atoms with Gasteiger partial charge in [0.1, 0.15) is 11.9 Å². The van der Waals surface area contributed by atoms with E-state index in [1.54, 1.807) is 25.1 Å². The second-order valence-electron chi connectivity index (χ2n) is 5.66. The highest BCUT2D eigenvalue weighted by Crippen LogP contribution is 2.26. The van der Waals surface area contributed by atoms with Crippen molar-refractivity contribution in [3.8, 4) is 0 Å². The van der Waals surface area contributed by atoms with E-state index in [4.69, 9.17) is 0 Å². The summed E-state index contributed by atoms with van der Waals surface area (Å²) in [7, 11) is -3.87. The number of nitrogens with one attached hydrogen (secondary N) is 1. The van der Waals surface area contributed by atoms with E-state index in [0.717, 1.165) is 15.5 Å². The second kappa shape index (κ2) is 8.55. The first-order chi connectivity index (χ1) is 12.3. The molecule has 0 saturated heterocycles. The Labute approximate surface area is 157 Å². The molecule has 5 nitrogen and oxygen atoms in total. The van der Waals surface area contributed by atoms with Gasteiger partial charge in [-0.2, -0.15) is 0 Å². The molecule has 0 heterocycles. The largest absolute Gasteiger partial charge is 0.324 e. The van der Waals surface area contributed by atoms with Crippen LogP contribution in [0.4, 0.5) is 15.8 Å². The summed E-state index contributed by atoms with van der Waals surface area (Å²) in [6.45, 7) is 1.68. The van der Waals surface area contributed by atoms with E-state index in [1.165, 1.54) is 36.0 Å². The molecule has 0 saturated carbocycles. The standard InChI is InChI=1S/C18H21FN2O3S2/c1-4-16(18(22)20-13-8-7-9-14(12-13)25-2)21(26(3,23)24)17-11-6-5-10-15(17)19/h5-12,16H,4H2,1-3H3,(H,20,22)/t16-/m1/s1. The van der Waals surface area contributed by atoms with E-state index in [9.17, 15) is 17.6 Å². The summed E-state index contributed by atoms with van der Waals surface area (Å²) in [6.07, 6.45) is 3.07. The van der Waals surface area contributed by atoms with Crippen molar-refractivity contribution in [1.82, 2.24) is 0 Å². The third-order valence-electron chi connectivity index (χ3n) is 3.76. The van der Waals surface area contributed by atoms with Crippen LogP contribution in [0.5, 0.6) is 0 Å². The van der Waals surface area contributed by atoms with Crippen molar-refractivity contribution in [2.24, 2.45) is 0 Å². The molecule has 1 atom stereocenters. The van der Waals surface area contributed by atoms with E-state index in [1.807, 2.05) is 12.3 Å². The van der Waals surface area contributed by atoms with Crippen LogP contribution in [0.15, 0.2) is 53.4 Å². The van der Waals surface area contributed by atoms with Crippen molar-refractivity contribution in [1.29, 1.82) is 0 Å². The Morgan fingerprint density at radius 3 is 2.50 bits per heavy atom. The third kappa shape index (κ3) is 4.76. The summed E-state index contributed by atoms with van der Waals surface area (Å²) in [4.78, 5) is 13.7. The van der Waals surface area contributed by atoms with Gasteiger partial charge in [0.15, 0.2) is 0 Å². The monoisotopic (exact) mass is 396 g/mol. The van der Waals surface area contributed by atoms with Gasteiger partial charge in [0.2, 0.25) is 15.9 Å². The minimum absolute atomic E-state index is 0.144. The third-order valence-corrected chi connectivity index (χ3v) is 5.65. The van der Waals surface area contributed by atoms with E-state index in [0.29, 0.717) is 5.69 Å². The van der Waals surface area contributed by atoms with Gasteiger partial charge < -0.3 is 5.32 Å². The highest BCUT2D eigenvalue weighted by Gasteiger charge is 2.33. The van der Waals surface area contributed by atoms with Gasteiger partial charge in [-0.1, -0.05) is 25.1 Å². The molecule has 2 aromatic carbocycles. The van der Waals surface area contributed by atoms with Crippen LogP contribution in [0, 0.1) is 5.82 Å². The molecule has 26 heavy (non-hydrogen) atoms. The van der Waals surface area contributed by atoms with Crippen LogP contribution < -0.4 is 9.62 Å². The van der Waals surface area contributed by atoms with Crippen molar-refractivity contribution in [3.63, 3.8) is 0 Å². The van der Waals surface area contributed by atoms with Crippen molar-refractivity contribution in [2.75, 3.05) is 22.1 Å². The maximum atomic E-state index is 14.2. The predicted molar refractivity (Wildman–Crippen MR) is 105 cm³/mol. The van der Waals surface area contributed by atoms with E-state index in [2.05, 4.69) is 5.32 Å². The van der Waals surface area contributed by atoms with Crippen LogP contribution >= 0.6 is 11.8 Å². The quantitative estimate of drug-likeness (QED) is 0.724. The number of para-hydroxylation sites is 1. The van der Waals surface area contributed by atoms with Gasteiger partial charge in [0.25, 0.3) is 0 Å². The van der Waals surface area contributed by atoms with Crippen molar-refractivity contribution in [3.05, 3.63) is 54.3 Å². The molecular weight excluding hydrogens is 375 g/mol. The number of halogens is 1. The zero-order valence-electron chi connectivity index (χ0n) is 14.8. The molecule has 140 valence electrons. The van der Waals surface area contributed by atoms with Crippen LogP contribution in [-0.2, 0) is 14.8 Å². The lowest BCUT2D eigenvalue weighted by molar-refractivity contribution is -0.117. The van der Waals surface area contributed by atoms with Gasteiger partial charge in [-0.05, 0) is 43.0 Å². The molecule has 0 fully saturated rings. The normalized spacial score (nSPS) is 12.5. The zero-order valence-corrected chi connectivity index (χ0v) is 16.4. The predicted octanol–water partition coefficient (Wildman–Crippen LogP) is 3.73. The van der Waals surface area contributed by atoms with Gasteiger partial charge in [0.05, 0.1) is 11.9 Å². The number of benzene rings is 2. The lowest BCUT2D eigenvalue weighted by Gasteiger charge is -2.30. The molecule has 0 aliphatic heterocycles. The van der Waals surface area contributed by atoms with Gasteiger partial charge in [-0.15, -0.1) is 11.8 Å². The molecule has 0 aliphatic carbocycles. The fraction of sp³-hybridized carbons (Fsp3) is 0.278. The average molecular weight is 397 g/mol. The molecule has 2 aromatic rings. The number of carbonyl (C=O) groups excluding carboxylic acids is 1. The highest BCUT2D eigenvalue weighted by atomic mass is 32.2. The molecular formula is C18H21FN2O3S2. The van der Waals surface area contributed by atoms with Crippen LogP contribution in [0.1, 0.15) is 13.3 Å². The molecule has 0 radical (unpaired) electrons. The number of thioether (sulfide) groups is 1. The van der Waals surface area contributed by atoms with E-state index >= 15 is 0 Å². The number of amides is 1. The van der Waals surface area contributed by atoms with Crippen LogP contribution in [0.2, 0.25) is 0 Å². The molecule has 0 aliphatic rings. The molecule has 2 rings (SSSR count). The topological polar surface area (TPSA) is 66.5 Å². The van der Waals surface area contributed by atoms with Gasteiger partial charge >= 0.3 is 0 Å². The number of carbonyl (C=O) groups is 1. The smallest absolute Gasteiger partial charge is 0.248 e. The lowest BCUT2D eigenvalue weighted by Crippen LogP contribution is -2.47. The Kier molecular flexibility index (Phi) is 6.66. The SMILES string of the molecule is CC[C@H](C(=O)Nc1cccc(SC)c1)N(c1ccccc1F)S(C)(=O)=O. The minimum Gasteiger partial charge on any atom is -0.324 e. The zero-order chi connectivity index (χ0) is 19.3. The molecule has 1 amide bonds. The molecule has 0 spiro atoms. The van der Waals surface area contributed by atoms with Crippen LogP contribution in [0.25, 0.3) is 0 Å². The van der Waals surface area contributed by atoms with Gasteiger partial charge in [-0.3, -0.25) is 9.10 Å². The maximum absolute atomic E-state index is 14.2. The number of nitrogens with zero attached hydrogens (tertiary/aromatic N) is 1. The number of rotatable bonds is 7. The summed E-state index contributed by atoms with van der Waals surface area (Å²) >= 11 is 1.53. The summed E-state index contributed by atoms with van der Waals surface area (Å²) in [5.41, 5.74) is 0.414. The molecule has 0 aromatic heterocycles. The molecule has 0 unspecified atom stereocenters. The van der Waals surface area contributed by atoms with E-state index in [-0.39, 0.29) is 12.1 Å². The Balaban J connectivity index is 2.38. The number of anilines is 2. The first-order valence-electron chi connectivity index (χ1n) is 7.96. The molecule has 8 heteroatoms. The Morgan fingerprint density at radius 1 is 1.23 bits per heavy atom. The van der Waals surface area contributed by atoms with E-state index < -0.39 is 27.8 Å². The highest BCUT2D eigenvalue weighted by molar-refractivity contribution is 7.98. The van der Waals surface area contributed by atoms with Gasteiger partial charge in [0, 0.05) is 10.6 Å². The summed E-state index contributed by atoms with van der Waals surface area (Å²) in [6, 6.07) is 11.7. The number of hydrogen-bond donors (Lipinski definition) is 1. The van der Waals surface area contributed by atoms with Crippen LogP contribution in [0.3, 0.4) is 0 Å².